The molecule has 0 radical (unpaired) electrons. The van der Waals surface area contributed by atoms with Gasteiger partial charge in [-0.2, -0.15) is 0 Å². The van der Waals surface area contributed by atoms with Crippen molar-refractivity contribution in [2.45, 2.75) is 18.9 Å². The van der Waals surface area contributed by atoms with E-state index >= 15 is 0 Å². The molecule has 20 heavy (non-hydrogen) atoms. The lowest BCUT2D eigenvalue weighted by Crippen LogP contribution is -2.47. The Morgan fingerprint density at radius 1 is 1.45 bits per heavy atom. The first kappa shape index (κ1) is 14.6. The minimum Gasteiger partial charge on any atom is -0.459 e. The SMILES string of the molecule is CN1CCC(N(C)C(=O)CNC(=O)c2ccco2)CC1. The smallest absolute Gasteiger partial charge is 0.287 e. The van der Waals surface area contributed by atoms with Crippen LogP contribution in [0.1, 0.15) is 23.4 Å². The molecule has 0 atom stereocenters. The van der Waals surface area contributed by atoms with Gasteiger partial charge in [-0.1, -0.05) is 0 Å². The van der Waals surface area contributed by atoms with Crippen LogP contribution in [0.3, 0.4) is 0 Å². The van der Waals surface area contributed by atoms with Gasteiger partial charge in [0.2, 0.25) is 5.91 Å². The molecule has 0 unspecified atom stereocenters. The van der Waals surface area contributed by atoms with Gasteiger partial charge in [0, 0.05) is 13.1 Å². The predicted octanol–water partition coefficient (Wildman–Crippen LogP) is 0.562. The molecule has 1 aromatic rings. The summed E-state index contributed by atoms with van der Waals surface area (Å²) in [5, 5.41) is 2.58. The average molecular weight is 279 g/mol. The lowest BCUT2D eigenvalue weighted by Gasteiger charge is -2.35. The molecular formula is C14H21N3O3. The summed E-state index contributed by atoms with van der Waals surface area (Å²) in [7, 11) is 3.89. The Morgan fingerprint density at radius 2 is 2.15 bits per heavy atom. The number of hydrogen-bond donors (Lipinski definition) is 1. The van der Waals surface area contributed by atoms with E-state index in [0.29, 0.717) is 0 Å². The quantitative estimate of drug-likeness (QED) is 0.874. The molecule has 1 fully saturated rings. The van der Waals surface area contributed by atoms with Crippen LogP contribution in [0.4, 0.5) is 0 Å². The third-order valence-corrected chi connectivity index (χ3v) is 3.77. The first-order chi connectivity index (χ1) is 9.58. The highest BCUT2D eigenvalue weighted by Crippen LogP contribution is 2.13. The second-order valence-corrected chi connectivity index (χ2v) is 5.20. The zero-order valence-corrected chi connectivity index (χ0v) is 12.0. The van der Waals surface area contributed by atoms with Crippen molar-refractivity contribution in [3.63, 3.8) is 0 Å². The van der Waals surface area contributed by atoms with Crippen molar-refractivity contribution in [1.82, 2.24) is 15.1 Å². The zero-order chi connectivity index (χ0) is 14.5. The van der Waals surface area contributed by atoms with Crippen LogP contribution < -0.4 is 5.32 Å². The summed E-state index contributed by atoms with van der Waals surface area (Å²) in [6, 6.07) is 3.47. The van der Waals surface area contributed by atoms with Gasteiger partial charge < -0.3 is 19.5 Å². The van der Waals surface area contributed by atoms with Crippen LogP contribution in [0, 0.1) is 0 Å². The summed E-state index contributed by atoms with van der Waals surface area (Å²) in [5.41, 5.74) is 0. The third-order valence-electron chi connectivity index (χ3n) is 3.77. The highest BCUT2D eigenvalue weighted by molar-refractivity contribution is 5.94. The van der Waals surface area contributed by atoms with Gasteiger partial charge in [0.25, 0.3) is 5.91 Å². The first-order valence-electron chi connectivity index (χ1n) is 6.84. The highest BCUT2D eigenvalue weighted by atomic mass is 16.3. The Balaban J connectivity index is 1.78. The van der Waals surface area contributed by atoms with E-state index in [9.17, 15) is 9.59 Å². The molecular weight excluding hydrogens is 258 g/mol. The van der Waals surface area contributed by atoms with Gasteiger partial charge in [-0.05, 0) is 45.1 Å². The van der Waals surface area contributed by atoms with Crippen LogP contribution in [0.25, 0.3) is 0 Å². The minimum atomic E-state index is -0.361. The summed E-state index contributed by atoms with van der Waals surface area (Å²) in [4.78, 5) is 27.7. The fourth-order valence-electron chi connectivity index (χ4n) is 2.36. The van der Waals surface area contributed by atoms with Gasteiger partial charge in [0.1, 0.15) is 0 Å². The van der Waals surface area contributed by atoms with Crippen LogP contribution in [-0.2, 0) is 4.79 Å². The number of amides is 2. The Labute approximate surface area is 118 Å². The molecule has 2 amide bonds. The van der Waals surface area contributed by atoms with Gasteiger partial charge in [-0.3, -0.25) is 9.59 Å². The summed E-state index contributed by atoms with van der Waals surface area (Å²) in [5.74, 6) is -0.209. The van der Waals surface area contributed by atoms with E-state index in [1.165, 1.54) is 6.26 Å². The maximum atomic E-state index is 12.1. The second-order valence-electron chi connectivity index (χ2n) is 5.20. The number of hydrogen-bond acceptors (Lipinski definition) is 4. The third kappa shape index (κ3) is 3.60. The summed E-state index contributed by atoms with van der Waals surface area (Å²) in [6.45, 7) is 2.00. The lowest BCUT2D eigenvalue weighted by molar-refractivity contribution is -0.131. The minimum absolute atomic E-state index is 0.00235. The number of likely N-dealkylation sites (N-methyl/N-ethyl adjacent to an activating group) is 1. The molecule has 0 aromatic carbocycles. The van der Waals surface area contributed by atoms with Crippen molar-refractivity contribution < 1.29 is 14.0 Å². The predicted molar refractivity (Wildman–Crippen MR) is 74.3 cm³/mol. The van der Waals surface area contributed by atoms with E-state index in [1.54, 1.807) is 24.1 Å². The fraction of sp³-hybridized carbons (Fsp3) is 0.571. The van der Waals surface area contributed by atoms with E-state index < -0.39 is 0 Å². The monoisotopic (exact) mass is 279 g/mol. The number of carbonyl (C=O) groups is 2. The maximum absolute atomic E-state index is 12.1. The van der Waals surface area contributed by atoms with Crippen molar-refractivity contribution in [2.24, 2.45) is 0 Å². The molecule has 2 rings (SSSR count). The Morgan fingerprint density at radius 3 is 2.75 bits per heavy atom. The van der Waals surface area contributed by atoms with E-state index in [-0.39, 0.29) is 30.2 Å². The normalized spacial score (nSPS) is 16.9. The number of piperidine rings is 1. The Bertz CT molecular complexity index is 450. The first-order valence-corrected chi connectivity index (χ1v) is 6.84. The van der Waals surface area contributed by atoms with Crippen LogP contribution >= 0.6 is 0 Å². The number of carbonyl (C=O) groups excluding carboxylic acids is 2. The van der Waals surface area contributed by atoms with E-state index in [4.69, 9.17) is 4.42 Å². The van der Waals surface area contributed by atoms with Crippen LogP contribution in [-0.4, -0.2) is 61.4 Å². The maximum Gasteiger partial charge on any atom is 0.287 e. The van der Waals surface area contributed by atoms with Gasteiger partial charge >= 0.3 is 0 Å². The molecule has 6 nitrogen and oxygen atoms in total. The summed E-state index contributed by atoms with van der Waals surface area (Å²) < 4.78 is 4.97. The molecule has 1 saturated heterocycles. The Hall–Kier alpha value is -1.82. The van der Waals surface area contributed by atoms with Crippen molar-refractivity contribution in [2.75, 3.05) is 33.7 Å². The molecule has 1 N–H and O–H groups in total. The number of rotatable bonds is 4. The number of nitrogens with one attached hydrogen (secondary N) is 1. The standard InChI is InChI=1S/C14H21N3O3/c1-16-7-5-11(6-8-16)17(2)13(18)10-15-14(19)12-4-3-9-20-12/h3-4,9,11H,5-8,10H2,1-2H3,(H,15,19). The van der Waals surface area contributed by atoms with E-state index in [1.807, 2.05) is 0 Å². The van der Waals surface area contributed by atoms with E-state index in [0.717, 1.165) is 25.9 Å². The molecule has 1 aliphatic rings. The lowest BCUT2D eigenvalue weighted by atomic mass is 10.0. The summed E-state index contributed by atoms with van der Waals surface area (Å²) >= 11 is 0. The fourth-order valence-corrected chi connectivity index (χ4v) is 2.36. The number of likely N-dealkylation sites (tertiary alicyclic amines) is 1. The molecule has 1 aromatic heterocycles. The molecule has 110 valence electrons. The van der Waals surface area contributed by atoms with Crippen LogP contribution in [0.5, 0.6) is 0 Å². The van der Waals surface area contributed by atoms with Crippen LogP contribution in [0.15, 0.2) is 22.8 Å². The Kier molecular flexibility index (Phi) is 4.79. The molecule has 0 saturated carbocycles. The van der Waals surface area contributed by atoms with Crippen molar-refractivity contribution in [1.29, 1.82) is 0 Å². The molecule has 6 heteroatoms. The van der Waals surface area contributed by atoms with E-state index in [2.05, 4.69) is 17.3 Å². The second kappa shape index (κ2) is 6.56. The van der Waals surface area contributed by atoms with Gasteiger partial charge in [-0.15, -0.1) is 0 Å². The van der Waals surface area contributed by atoms with Gasteiger partial charge in [-0.25, -0.2) is 0 Å². The number of furan rings is 1. The largest absolute Gasteiger partial charge is 0.459 e. The molecule has 1 aliphatic heterocycles. The van der Waals surface area contributed by atoms with Crippen molar-refractivity contribution in [3.8, 4) is 0 Å². The topological polar surface area (TPSA) is 65.8 Å². The zero-order valence-electron chi connectivity index (χ0n) is 12.0. The summed E-state index contributed by atoms with van der Waals surface area (Å²) in [6.07, 6.45) is 3.39. The van der Waals surface area contributed by atoms with Crippen molar-refractivity contribution in [3.05, 3.63) is 24.2 Å². The van der Waals surface area contributed by atoms with Gasteiger partial charge in [0.15, 0.2) is 5.76 Å². The van der Waals surface area contributed by atoms with Crippen LogP contribution in [0.2, 0.25) is 0 Å². The average Bonchev–Trinajstić information content (AvgIpc) is 2.98. The molecule has 0 bridgehead atoms. The molecule has 2 heterocycles. The van der Waals surface area contributed by atoms with Crippen molar-refractivity contribution >= 4 is 11.8 Å². The molecule has 0 spiro atoms. The van der Waals surface area contributed by atoms with Gasteiger partial charge in [0.05, 0.1) is 12.8 Å². The molecule has 0 aliphatic carbocycles. The highest BCUT2D eigenvalue weighted by Gasteiger charge is 2.24. The number of nitrogens with zero attached hydrogens (tertiary/aromatic N) is 2.